The molecule has 5 aromatic rings. The van der Waals surface area contributed by atoms with Gasteiger partial charge in [0.1, 0.15) is 18.1 Å². The summed E-state index contributed by atoms with van der Waals surface area (Å²) in [6.07, 6.45) is 5.70. The number of imide groups is 1. The first-order chi connectivity index (χ1) is 38.5. The molecular formula is C62H66F2N6O9S. The summed E-state index contributed by atoms with van der Waals surface area (Å²) in [7, 11) is 0. The molecule has 0 saturated carbocycles. The van der Waals surface area contributed by atoms with Crippen LogP contribution in [-0.4, -0.2) is 99.9 Å². The van der Waals surface area contributed by atoms with Gasteiger partial charge in [0, 0.05) is 79.1 Å². The van der Waals surface area contributed by atoms with Crippen LogP contribution in [-0.2, 0) is 46.0 Å². The summed E-state index contributed by atoms with van der Waals surface area (Å²) in [5, 5.41) is 8.66. The first-order valence-corrected chi connectivity index (χ1v) is 28.5. The van der Waals surface area contributed by atoms with E-state index >= 15 is 0 Å². The maximum absolute atomic E-state index is 14.9. The van der Waals surface area contributed by atoms with Crippen molar-refractivity contribution in [2.75, 3.05) is 6.61 Å². The molecular weight excluding hydrogens is 1040 g/mol. The van der Waals surface area contributed by atoms with Gasteiger partial charge in [-0.25, -0.2) is 8.78 Å². The number of nitrogens with zero attached hydrogens (tertiary/aromatic N) is 2. The first-order valence-electron chi connectivity index (χ1n) is 27.7. The number of carbonyl (C=O) groups excluding carboxylic acids is 8. The number of alkyl halides is 2. The summed E-state index contributed by atoms with van der Waals surface area (Å²) in [5.74, 6) is -0.499. The zero-order valence-corrected chi connectivity index (χ0v) is 45.5. The fourth-order valence-corrected chi connectivity index (χ4v) is 12.5. The molecule has 18 heteroatoms. The molecule has 5 heterocycles. The maximum atomic E-state index is 14.9. The van der Waals surface area contributed by atoms with Crippen LogP contribution in [0.15, 0.2) is 103 Å². The summed E-state index contributed by atoms with van der Waals surface area (Å²) in [6.45, 7) is 1.49. The number of nitrogens with two attached hydrogens (primary N) is 1. The predicted molar refractivity (Wildman–Crippen MR) is 297 cm³/mol. The van der Waals surface area contributed by atoms with Crippen LogP contribution in [0.2, 0.25) is 0 Å². The fraction of sp³-hybridized carbons (Fsp3) is 0.419. The van der Waals surface area contributed by atoms with Gasteiger partial charge in [0.2, 0.25) is 29.5 Å². The van der Waals surface area contributed by atoms with Crippen molar-refractivity contribution in [3.05, 3.63) is 141 Å². The van der Waals surface area contributed by atoms with Gasteiger partial charge in [0.25, 0.3) is 17.7 Å². The molecule has 6 atom stereocenters. The van der Waals surface area contributed by atoms with Crippen molar-refractivity contribution >= 4 is 68.6 Å². The number of primary amides is 1. The highest BCUT2D eigenvalue weighted by Gasteiger charge is 2.47. The molecule has 9 rings (SSSR count). The van der Waals surface area contributed by atoms with Crippen molar-refractivity contribution in [3.63, 3.8) is 0 Å². The lowest BCUT2D eigenvalue weighted by Gasteiger charge is -2.37. The Kier molecular flexibility index (Phi) is 18.3. The molecule has 1 aromatic heterocycles. The van der Waals surface area contributed by atoms with Crippen molar-refractivity contribution in [3.8, 4) is 11.8 Å². The number of thiophene rings is 1. The first kappa shape index (κ1) is 57.1. The van der Waals surface area contributed by atoms with E-state index in [9.17, 15) is 47.1 Å². The molecule has 0 aliphatic carbocycles. The Bertz CT molecular complexity index is 3170. The van der Waals surface area contributed by atoms with Gasteiger partial charge in [-0.15, -0.1) is 11.3 Å². The number of halogens is 2. The number of ether oxygens (including phenoxy) is 1. The third-order valence-corrected chi connectivity index (χ3v) is 16.9. The molecule has 3 saturated heterocycles. The SMILES string of the molecule is CC(F)(F)c1ccc2sc(C(=O)N[C@H]3CC[C@H](OCCCCCCC#Cc4cccc5c4CN(C4CCC(=O)NC4=O)C5=O)C[C@H]4CC[C@@H](C(=O)N[C@@H](CCC(N)=O)C(=O)CC(c5ccccc5)c5ccccc5)N4C3=O)cc2c1. The average molecular weight is 1110 g/mol. The standard InChI is InChI=1S/C62H66F2N6O9S/c1-62(63,64)42-22-29-53-41(33-42)34-54(80-53)59(76)67-49-25-24-44(79-32-13-5-3-2-4-8-19-40-20-14-21-45-47(40)37-69(60(45)77)50-28-31-56(73)68-57(50)74)35-43-23-27-51(70(43)61(49)78)58(75)66-48(26-30-55(65)72)52(71)36-46(38-15-9-6-10-16-38)39-17-11-7-12-18-39/h6-7,9-12,14-18,20-22,29,33-34,43-44,46,48-51H,2-5,13,23-28,30-32,35-37H2,1H3,(H2,65,72)(H,66,75)(H,67,76)(H,68,73,74)/t43-,44+,48+,49+,50?,51+/m1/s1. The maximum Gasteiger partial charge on any atom is 0.270 e. The van der Waals surface area contributed by atoms with Crippen molar-refractivity contribution in [1.82, 2.24) is 25.8 Å². The van der Waals surface area contributed by atoms with E-state index in [1.807, 2.05) is 66.7 Å². The number of piperidine rings is 1. The van der Waals surface area contributed by atoms with Crippen molar-refractivity contribution in [2.24, 2.45) is 5.73 Å². The molecule has 4 aliphatic rings. The Hall–Kier alpha value is -7.62. The monoisotopic (exact) mass is 1110 g/mol. The normalized spacial score (nSPS) is 20.5. The third-order valence-electron chi connectivity index (χ3n) is 15.8. The van der Waals surface area contributed by atoms with Crippen LogP contribution in [0.4, 0.5) is 8.78 Å². The number of hydrogen-bond acceptors (Lipinski definition) is 10. The second kappa shape index (κ2) is 25.7. The molecule has 0 bridgehead atoms. The number of rotatable bonds is 21. The highest BCUT2D eigenvalue weighted by molar-refractivity contribution is 7.20. The fourth-order valence-electron chi connectivity index (χ4n) is 11.5. The minimum atomic E-state index is -3.09. The molecule has 0 spiro atoms. The number of ketones is 1. The smallest absolute Gasteiger partial charge is 0.270 e. The van der Waals surface area contributed by atoms with Gasteiger partial charge < -0.3 is 30.9 Å². The summed E-state index contributed by atoms with van der Waals surface area (Å²) in [5.41, 5.74) is 9.24. The minimum Gasteiger partial charge on any atom is -0.378 e. The largest absolute Gasteiger partial charge is 0.378 e. The summed E-state index contributed by atoms with van der Waals surface area (Å²) >= 11 is 1.12. The van der Waals surface area contributed by atoms with E-state index in [2.05, 4.69) is 27.8 Å². The summed E-state index contributed by atoms with van der Waals surface area (Å²) in [4.78, 5) is 111. The van der Waals surface area contributed by atoms with Gasteiger partial charge >= 0.3 is 0 Å². The van der Waals surface area contributed by atoms with E-state index in [-0.39, 0.29) is 91.6 Å². The minimum absolute atomic E-state index is 0.0185. The highest BCUT2D eigenvalue weighted by atomic mass is 32.1. The summed E-state index contributed by atoms with van der Waals surface area (Å²) in [6, 6.07) is 26.0. The zero-order valence-electron chi connectivity index (χ0n) is 44.7. The molecule has 418 valence electrons. The van der Waals surface area contributed by atoms with Crippen LogP contribution in [0.25, 0.3) is 10.1 Å². The number of unbranched alkanes of at least 4 members (excludes halogenated alkanes) is 4. The molecule has 5 N–H and O–H groups in total. The van der Waals surface area contributed by atoms with Gasteiger partial charge in [-0.1, -0.05) is 97.5 Å². The van der Waals surface area contributed by atoms with Crippen LogP contribution < -0.4 is 21.7 Å². The zero-order chi connectivity index (χ0) is 56.5. The van der Waals surface area contributed by atoms with Gasteiger partial charge in [0.05, 0.1) is 17.0 Å². The quantitative estimate of drug-likeness (QED) is 0.0315. The number of hydrogen-bond donors (Lipinski definition) is 4. The number of fused-ring (bicyclic) bond motifs is 3. The second-order valence-electron chi connectivity index (χ2n) is 21.4. The van der Waals surface area contributed by atoms with E-state index in [4.69, 9.17) is 10.5 Å². The number of amides is 7. The van der Waals surface area contributed by atoms with E-state index in [1.54, 1.807) is 23.1 Å². The Morgan fingerprint density at radius 2 is 1.60 bits per heavy atom. The van der Waals surface area contributed by atoms with E-state index < -0.39 is 65.7 Å². The Labute approximate surface area is 467 Å². The molecule has 1 unspecified atom stereocenters. The van der Waals surface area contributed by atoms with Gasteiger partial charge in [-0.2, -0.15) is 0 Å². The lowest BCUT2D eigenvalue weighted by atomic mass is 9.85. The van der Waals surface area contributed by atoms with E-state index in [1.165, 1.54) is 23.1 Å². The molecule has 7 amide bonds. The number of nitrogens with one attached hydrogen (secondary N) is 3. The topological polar surface area (TPSA) is 214 Å². The Morgan fingerprint density at radius 3 is 2.31 bits per heavy atom. The van der Waals surface area contributed by atoms with Crippen molar-refractivity contribution < 1.29 is 51.9 Å². The van der Waals surface area contributed by atoms with Crippen LogP contribution in [0.5, 0.6) is 0 Å². The van der Waals surface area contributed by atoms with Gasteiger partial charge in [0.15, 0.2) is 5.78 Å². The number of benzene rings is 4. The van der Waals surface area contributed by atoms with Crippen LogP contribution in [0.3, 0.4) is 0 Å². The van der Waals surface area contributed by atoms with Crippen LogP contribution in [0, 0.1) is 11.8 Å². The van der Waals surface area contributed by atoms with Gasteiger partial charge in [-0.3, -0.25) is 43.7 Å². The molecule has 15 nitrogen and oxygen atoms in total. The third kappa shape index (κ3) is 13.7. The van der Waals surface area contributed by atoms with Crippen molar-refractivity contribution in [2.45, 2.75) is 158 Å². The lowest BCUT2D eigenvalue weighted by molar-refractivity contribution is -0.144. The van der Waals surface area contributed by atoms with Crippen LogP contribution >= 0.6 is 11.3 Å². The van der Waals surface area contributed by atoms with E-state index in [0.717, 1.165) is 66.2 Å². The highest BCUT2D eigenvalue weighted by Crippen LogP contribution is 2.36. The predicted octanol–water partition coefficient (Wildman–Crippen LogP) is 8.34. The summed E-state index contributed by atoms with van der Waals surface area (Å²) < 4.78 is 35.7. The van der Waals surface area contributed by atoms with Crippen molar-refractivity contribution in [1.29, 1.82) is 0 Å². The molecule has 4 aromatic carbocycles. The average Bonchev–Trinajstić information content (AvgIpc) is 4.25. The molecule has 80 heavy (non-hydrogen) atoms. The van der Waals surface area contributed by atoms with E-state index in [0.29, 0.717) is 47.9 Å². The van der Waals surface area contributed by atoms with Crippen LogP contribution in [0.1, 0.15) is 157 Å². The molecule has 0 radical (unpaired) electrons. The molecule has 3 fully saturated rings. The Balaban J connectivity index is 0.848. The van der Waals surface area contributed by atoms with Gasteiger partial charge in [-0.05, 0) is 110 Å². The molecule has 4 aliphatic heterocycles. The Morgan fingerprint density at radius 1 is 0.863 bits per heavy atom. The second-order valence-corrected chi connectivity index (χ2v) is 22.5. The number of Topliss-reactive ketones (excluding diaryl/α,β-unsaturated/α-hetero) is 1. The number of carbonyl (C=O) groups is 8. The lowest BCUT2D eigenvalue weighted by Crippen LogP contribution is -2.58.